The summed E-state index contributed by atoms with van der Waals surface area (Å²) in [7, 11) is -3.24. The van der Waals surface area contributed by atoms with Gasteiger partial charge in [-0.15, -0.1) is 0 Å². The molecule has 0 saturated carbocycles. The molecule has 3 aliphatic heterocycles. The van der Waals surface area contributed by atoms with Crippen molar-refractivity contribution in [3.63, 3.8) is 0 Å². The molecule has 3 fully saturated rings. The Hall–Kier alpha value is -0.170. The molecule has 0 aromatic rings. The van der Waals surface area contributed by atoms with Gasteiger partial charge in [0.15, 0.2) is 0 Å². The van der Waals surface area contributed by atoms with Crippen LogP contribution in [0, 0.1) is 5.92 Å². The van der Waals surface area contributed by atoms with Crippen LogP contribution in [0.2, 0.25) is 0 Å². The molecule has 0 amide bonds. The lowest BCUT2D eigenvalue weighted by Gasteiger charge is -2.35. The maximum Gasteiger partial charge on any atom is 0.282 e. The number of nitrogens with one attached hydrogen (secondary N) is 1. The third-order valence-corrected chi connectivity index (χ3v) is 7.02. The van der Waals surface area contributed by atoms with Crippen LogP contribution in [0.3, 0.4) is 0 Å². The number of fused-ring (bicyclic) bond motifs is 1. The number of piperidine rings is 2. The summed E-state index contributed by atoms with van der Waals surface area (Å²) in [5.41, 5.74) is 0. The Morgan fingerprint density at radius 3 is 2.68 bits per heavy atom. The summed E-state index contributed by atoms with van der Waals surface area (Å²) in [5.74, 6) is 0.517. The van der Waals surface area contributed by atoms with E-state index in [0.717, 1.165) is 25.8 Å². The molecule has 19 heavy (non-hydrogen) atoms. The van der Waals surface area contributed by atoms with Crippen molar-refractivity contribution in [2.75, 3.05) is 26.2 Å². The van der Waals surface area contributed by atoms with Crippen LogP contribution in [0.4, 0.5) is 0 Å². The highest BCUT2D eigenvalue weighted by Gasteiger charge is 2.43. The van der Waals surface area contributed by atoms with E-state index in [1.54, 1.807) is 8.61 Å². The maximum atomic E-state index is 12.8. The van der Waals surface area contributed by atoms with Gasteiger partial charge in [0.05, 0.1) is 0 Å². The third-order valence-electron chi connectivity index (χ3n) is 4.93. The lowest BCUT2D eigenvalue weighted by Crippen LogP contribution is -2.49. The minimum Gasteiger partial charge on any atom is -0.312 e. The highest BCUT2D eigenvalue weighted by Crippen LogP contribution is 2.30. The highest BCUT2D eigenvalue weighted by atomic mass is 32.2. The van der Waals surface area contributed by atoms with Crippen LogP contribution < -0.4 is 5.32 Å². The zero-order chi connectivity index (χ0) is 13.5. The van der Waals surface area contributed by atoms with Crippen molar-refractivity contribution in [1.29, 1.82) is 0 Å². The molecule has 6 heteroatoms. The fraction of sp³-hybridized carbons (Fsp3) is 1.00. The van der Waals surface area contributed by atoms with Crippen LogP contribution in [0.5, 0.6) is 0 Å². The number of hydrogen-bond donors (Lipinski definition) is 1. The topological polar surface area (TPSA) is 52.7 Å². The average molecular weight is 287 g/mol. The van der Waals surface area contributed by atoms with Gasteiger partial charge >= 0.3 is 0 Å². The van der Waals surface area contributed by atoms with E-state index in [1.165, 1.54) is 12.8 Å². The van der Waals surface area contributed by atoms with Crippen molar-refractivity contribution >= 4 is 10.2 Å². The van der Waals surface area contributed by atoms with Crippen LogP contribution in [0.1, 0.15) is 39.0 Å². The molecule has 0 spiro atoms. The van der Waals surface area contributed by atoms with Gasteiger partial charge in [-0.3, -0.25) is 0 Å². The van der Waals surface area contributed by atoms with Gasteiger partial charge in [0, 0.05) is 31.7 Å². The Labute approximate surface area is 116 Å². The molecule has 0 bridgehead atoms. The van der Waals surface area contributed by atoms with Gasteiger partial charge in [0.2, 0.25) is 0 Å². The van der Waals surface area contributed by atoms with E-state index < -0.39 is 10.2 Å². The predicted octanol–water partition coefficient (Wildman–Crippen LogP) is 0.789. The first-order valence-electron chi connectivity index (χ1n) is 7.59. The summed E-state index contributed by atoms with van der Waals surface area (Å²) < 4.78 is 29.0. The van der Waals surface area contributed by atoms with Gasteiger partial charge < -0.3 is 5.32 Å². The quantitative estimate of drug-likeness (QED) is 0.817. The fourth-order valence-corrected chi connectivity index (χ4v) is 5.70. The Balaban J connectivity index is 1.73. The molecule has 3 rings (SSSR count). The standard InChI is InChI=1S/C13H25N3O2S/c1-11-5-2-3-8-16(11)19(17,18)15-9-12-6-4-7-14-13(12)10-15/h11-14H,2-10H2,1H3/t11?,12-,13+/m0/s1. The van der Waals surface area contributed by atoms with Gasteiger partial charge in [-0.2, -0.15) is 17.0 Å². The third kappa shape index (κ3) is 2.55. The number of rotatable bonds is 2. The molecule has 0 aromatic carbocycles. The second-order valence-electron chi connectivity index (χ2n) is 6.24. The molecule has 0 aromatic heterocycles. The smallest absolute Gasteiger partial charge is 0.282 e. The molecule has 3 atom stereocenters. The fourth-order valence-electron chi connectivity index (χ4n) is 3.76. The minimum absolute atomic E-state index is 0.161. The first kappa shape index (κ1) is 13.8. The van der Waals surface area contributed by atoms with Crippen molar-refractivity contribution in [2.24, 2.45) is 5.92 Å². The summed E-state index contributed by atoms with van der Waals surface area (Å²) in [6, 6.07) is 0.540. The van der Waals surface area contributed by atoms with E-state index in [1.807, 2.05) is 6.92 Å². The predicted molar refractivity (Wildman–Crippen MR) is 75.0 cm³/mol. The number of hydrogen-bond acceptors (Lipinski definition) is 3. The van der Waals surface area contributed by atoms with Crippen LogP contribution in [0.15, 0.2) is 0 Å². The molecule has 5 nitrogen and oxygen atoms in total. The minimum atomic E-state index is -3.24. The molecular formula is C13H25N3O2S. The molecule has 1 unspecified atom stereocenters. The second-order valence-corrected chi connectivity index (χ2v) is 8.12. The summed E-state index contributed by atoms with van der Waals surface area (Å²) >= 11 is 0. The van der Waals surface area contributed by atoms with E-state index in [2.05, 4.69) is 5.32 Å². The van der Waals surface area contributed by atoms with Gasteiger partial charge in [0.1, 0.15) is 0 Å². The zero-order valence-electron chi connectivity index (χ0n) is 11.7. The molecular weight excluding hydrogens is 262 g/mol. The second kappa shape index (κ2) is 5.31. The monoisotopic (exact) mass is 287 g/mol. The van der Waals surface area contributed by atoms with Crippen LogP contribution >= 0.6 is 0 Å². The van der Waals surface area contributed by atoms with Gasteiger partial charge in [-0.05, 0) is 45.1 Å². The van der Waals surface area contributed by atoms with Crippen LogP contribution in [0.25, 0.3) is 0 Å². The normalized spacial score (nSPS) is 38.3. The molecule has 3 saturated heterocycles. The van der Waals surface area contributed by atoms with Crippen molar-refractivity contribution in [1.82, 2.24) is 13.9 Å². The van der Waals surface area contributed by atoms with Gasteiger partial charge in [0.25, 0.3) is 10.2 Å². The summed E-state index contributed by atoms with van der Waals surface area (Å²) in [5, 5.41) is 3.47. The SMILES string of the molecule is CC1CCCCN1S(=O)(=O)N1C[C@@H]2CCCN[C@@H]2C1. The summed E-state index contributed by atoms with van der Waals surface area (Å²) in [4.78, 5) is 0. The number of nitrogens with zero attached hydrogens (tertiary/aromatic N) is 2. The summed E-state index contributed by atoms with van der Waals surface area (Å²) in [6.07, 6.45) is 5.50. The van der Waals surface area contributed by atoms with Gasteiger partial charge in [-0.1, -0.05) is 6.42 Å². The zero-order valence-corrected chi connectivity index (χ0v) is 12.5. The maximum absolute atomic E-state index is 12.8. The van der Waals surface area contributed by atoms with Crippen molar-refractivity contribution in [3.05, 3.63) is 0 Å². The molecule has 0 aliphatic carbocycles. The van der Waals surface area contributed by atoms with Crippen molar-refractivity contribution < 1.29 is 8.42 Å². The van der Waals surface area contributed by atoms with E-state index in [4.69, 9.17) is 0 Å². The van der Waals surface area contributed by atoms with Crippen molar-refractivity contribution in [2.45, 2.75) is 51.1 Å². The average Bonchev–Trinajstić information content (AvgIpc) is 2.83. The Kier molecular flexibility index (Phi) is 3.86. The van der Waals surface area contributed by atoms with E-state index in [-0.39, 0.29) is 6.04 Å². The molecule has 110 valence electrons. The molecule has 3 heterocycles. The van der Waals surface area contributed by atoms with Crippen molar-refractivity contribution in [3.8, 4) is 0 Å². The summed E-state index contributed by atoms with van der Waals surface area (Å²) in [6.45, 7) is 5.15. The first-order valence-corrected chi connectivity index (χ1v) is 8.99. The largest absolute Gasteiger partial charge is 0.312 e. The Bertz CT molecular complexity index is 412. The lowest BCUT2D eigenvalue weighted by molar-refractivity contribution is 0.249. The molecule has 1 N–H and O–H groups in total. The van der Waals surface area contributed by atoms with Crippen LogP contribution in [-0.2, 0) is 10.2 Å². The Morgan fingerprint density at radius 1 is 1.11 bits per heavy atom. The molecule has 3 aliphatic rings. The van der Waals surface area contributed by atoms with Crippen LogP contribution in [-0.4, -0.2) is 55.3 Å². The van der Waals surface area contributed by atoms with Gasteiger partial charge in [-0.25, -0.2) is 0 Å². The molecule has 0 radical (unpaired) electrons. The first-order chi connectivity index (χ1) is 9.09. The lowest BCUT2D eigenvalue weighted by atomic mass is 9.94. The Morgan fingerprint density at radius 2 is 1.95 bits per heavy atom. The van der Waals surface area contributed by atoms with E-state index in [9.17, 15) is 8.42 Å². The highest BCUT2D eigenvalue weighted by molar-refractivity contribution is 7.86. The van der Waals surface area contributed by atoms with E-state index in [0.29, 0.717) is 31.6 Å². The van der Waals surface area contributed by atoms with E-state index >= 15 is 0 Å².